The van der Waals surface area contributed by atoms with Gasteiger partial charge in [0.15, 0.2) is 0 Å². The van der Waals surface area contributed by atoms with Crippen molar-refractivity contribution in [3.63, 3.8) is 0 Å². The second-order valence-corrected chi connectivity index (χ2v) is 9.54. The standard InChI is InChI=1S/C27H34N4O3/c28-25(29)22-8-6-20(7-9-22)21-14-16-30(17-15-21)27(34)31(18-19-4-2-1-3-5-19)24-12-10-23(11-13-24)26(32)33/h1-9,21,23-24H,10-18H2,(H3,28,29)(H,32,33). The van der Waals surface area contributed by atoms with Gasteiger partial charge in [0.2, 0.25) is 0 Å². The average molecular weight is 463 g/mol. The smallest absolute Gasteiger partial charge is 0.320 e. The Labute approximate surface area is 201 Å². The highest BCUT2D eigenvalue weighted by Crippen LogP contribution is 2.32. The largest absolute Gasteiger partial charge is 0.481 e. The summed E-state index contributed by atoms with van der Waals surface area (Å²) in [5, 5.41) is 16.9. The molecule has 1 aliphatic heterocycles. The van der Waals surface area contributed by atoms with E-state index in [1.54, 1.807) is 0 Å². The number of likely N-dealkylation sites (tertiary alicyclic amines) is 1. The highest BCUT2D eigenvalue weighted by Gasteiger charge is 2.34. The van der Waals surface area contributed by atoms with E-state index in [2.05, 4.69) is 0 Å². The predicted octanol–water partition coefficient (Wildman–Crippen LogP) is 4.42. The van der Waals surface area contributed by atoms with Crippen LogP contribution < -0.4 is 5.73 Å². The van der Waals surface area contributed by atoms with E-state index in [-0.39, 0.29) is 23.8 Å². The molecule has 1 saturated carbocycles. The second kappa shape index (κ2) is 10.7. The number of benzene rings is 2. The van der Waals surface area contributed by atoms with Crippen LogP contribution in [0.5, 0.6) is 0 Å². The van der Waals surface area contributed by atoms with Crippen LogP contribution in [-0.2, 0) is 11.3 Å². The molecule has 1 saturated heterocycles. The van der Waals surface area contributed by atoms with Gasteiger partial charge in [-0.1, -0.05) is 54.6 Å². The number of carboxylic acid groups (broad SMARTS) is 1. The van der Waals surface area contributed by atoms with E-state index in [1.807, 2.05) is 64.4 Å². The van der Waals surface area contributed by atoms with Crippen molar-refractivity contribution in [3.05, 3.63) is 71.3 Å². The molecule has 1 heterocycles. The average Bonchev–Trinajstić information content (AvgIpc) is 2.88. The number of nitrogen functional groups attached to an aromatic ring is 1. The van der Waals surface area contributed by atoms with Gasteiger partial charge in [0.25, 0.3) is 0 Å². The van der Waals surface area contributed by atoms with Gasteiger partial charge in [-0.15, -0.1) is 0 Å². The van der Waals surface area contributed by atoms with Crippen LogP contribution in [0.2, 0.25) is 0 Å². The summed E-state index contributed by atoms with van der Waals surface area (Å²) >= 11 is 0. The maximum Gasteiger partial charge on any atom is 0.320 e. The van der Waals surface area contributed by atoms with Crippen molar-refractivity contribution < 1.29 is 14.7 Å². The highest BCUT2D eigenvalue weighted by atomic mass is 16.4. The fourth-order valence-electron chi connectivity index (χ4n) is 5.29. The van der Waals surface area contributed by atoms with Crippen molar-refractivity contribution >= 4 is 17.8 Å². The lowest BCUT2D eigenvalue weighted by Crippen LogP contribution is -2.51. The van der Waals surface area contributed by atoms with Gasteiger partial charge in [0.1, 0.15) is 5.84 Å². The maximum atomic E-state index is 13.7. The molecule has 2 aromatic carbocycles. The summed E-state index contributed by atoms with van der Waals surface area (Å²) in [4.78, 5) is 29.0. The fourth-order valence-corrected chi connectivity index (χ4v) is 5.29. The zero-order valence-electron chi connectivity index (χ0n) is 19.5. The first-order valence-corrected chi connectivity index (χ1v) is 12.2. The van der Waals surface area contributed by atoms with Crippen molar-refractivity contribution in [2.24, 2.45) is 11.7 Å². The van der Waals surface area contributed by atoms with Crippen molar-refractivity contribution in [1.29, 1.82) is 5.41 Å². The Morgan fingerprint density at radius 1 is 0.941 bits per heavy atom. The second-order valence-electron chi connectivity index (χ2n) is 9.54. The van der Waals surface area contributed by atoms with Crippen LogP contribution in [0.3, 0.4) is 0 Å². The summed E-state index contributed by atoms with van der Waals surface area (Å²) in [6.07, 6.45) is 4.50. The number of hydrogen-bond acceptors (Lipinski definition) is 3. The number of piperidine rings is 1. The molecular weight excluding hydrogens is 428 g/mol. The van der Waals surface area contributed by atoms with Crippen LogP contribution >= 0.6 is 0 Å². The van der Waals surface area contributed by atoms with Gasteiger partial charge in [0, 0.05) is 31.2 Å². The van der Waals surface area contributed by atoms with Crippen LogP contribution in [0.1, 0.15) is 61.1 Å². The predicted molar refractivity (Wildman–Crippen MR) is 132 cm³/mol. The Kier molecular flexibility index (Phi) is 7.50. The molecule has 0 bridgehead atoms. The topological polar surface area (TPSA) is 111 Å². The number of hydrogen-bond donors (Lipinski definition) is 3. The number of aliphatic carboxylic acids is 1. The lowest BCUT2D eigenvalue weighted by Gasteiger charge is -2.41. The molecule has 2 amide bonds. The van der Waals surface area contributed by atoms with Gasteiger partial charge in [-0.3, -0.25) is 10.2 Å². The monoisotopic (exact) mass is 462 g/mol. The van der Waals surface area contributed by atoms with Gasteiger partial charge >= 0.3 is 12.0 Å². The summed E-state index contributed by atoms with van der Waals surface area (Å²) in [7, 11) is 0. The maximum absolute atomic E-state index is 13.7. The zero-order valence-corrected chi connectivity index (χ0v) is 19.5. The van der Waals surface area contributed by atoms with E-state index < -0.39 is 5.97 Å². The molecule has 7 nitrogen and oxygen atoms in total. The molecule has 180 valence electrons. The van der Waals surface area contributed by atoms with Crippen molar-refractivity contribution in [2.75, 3.05) is 13.1 Å². The molecule has 1 aliphatic carbocycles. The Balaban J connectivity index is 1.42. The molecule has 7 heteroatoms. The van der Waals surface area contributed by atoms with Crippen LogP contribution in [-0.4, -0.2) is 51.9 Å². The minimum Gasteiger partial charge on any atom is -0.481 e. The van der Waals surface area contributed by atoms with E-state index in [0.717, 1.165) is 36.8 Å². The van der Waals surface area contributed by atoms with Crippen LogP contribution in [0.25, 0.3) is 0 Å². The first kappa shape index (κ1) is 23.8. The molecule has 34 heavy (non-hydrogen) atoms. The molecule has 0 atom stereocenters. The van der Waals surface area contributed by atoms with E-state index in [9.17, 15) is 14.7 Å². The first-order chi connectivity index (χ1) is 16.4. The number of nitrogens with zero attached hydrogens (tertiary/aromatic N) is 2. The third-order valence-corrected chi connectivity index (χ3v) is 7.39. The SMILES string of the molecule is N=C(N)c1ccc(C2CCN(C(=O)N(Cc3ccccc3)C3CCC(C(=O)O)CC3)CC2)cc1. The lowest BCUT2D eigenvalue weighted by atomic mass is 9.85. The molecule has 4 rings (SSSR count). The van der Waals surface area contributed by atoms with Crippen LogP contribution in [0, 0.1) is 11.3 Å². The highest BCUT2D eigenvalue weighted by molar-refractivity contribution is 5.94. The van der Waals surface area contributed by atoms with Crippen LogP contribution in [0.4, 0.5) is 4.79 Å². The normalized spacial score (nSPS) is 21.1. The number of rotatable bonds is 6. The lowest BCUT2D eigenvalue weighted by molar-refractivity contribution is -0.143. The summed E-state index contributed by atoms with van der Waals surface area (Å²) in [5.41, 5.74) is 8.62. The number of amides is 2. The Hall–Kier alpha value is -3.35. The Morgan fingerprint density at radius 2 is 1.56 bits per heavy atom. The first-order valence-electron chi connectivity index (χ1n) is 12.2. The summed E-state index contributed by atoms with van der Waals surface area (Å²) < 4.78 is 0. The molecule has 2 fully saturated rings. The number of amidine groups is 1. The summed E-state index contributed by atoms with van der Waals surface area (Å²) in [6, 6.07) is 18.0. The molecule has 0 aromatic heterocycles. The fraction of sp³-hybridized carbons (Fsp3) is 0.444. The molecule has 4 N–H and O–H groups in total. The number of carbonyl (C=O) groups excluding carboxylic acids is 1. The third-order valence-electron chi connectivity index (χ3n) is 7.39. The van der Waals surface area contributed by atoms with E-state index in [4.69, 9.17) is 11.1 Å². The Morgan fingerprint density at radius 3 is 2.12 bits per heavy atom. The minimum atomic E-state index is -0.724. The molecule has 0 unspecified atom stereocenters. The van der Waals surface area contributed by atoms with Gasteiger partial charge in [-0.05, 0) is 55.6 Å². The third kappa shape index (κ3) is 5.58. The van der Waals surface area contributed by atoms with E-state index >= 15 is 0 Å². The number of nitrogens with two attached hydrogens (primary N) is 1. The molecule has 2 aromatic rings. The van der Waals surface area contributed by atoms with Gasteiger partial charge in [-0.25, -0.2) is 4.79 Å². The molecule has 0 spiro atoms. The molecule has 0 radical (unpaired) electrons. The molecule has 2 aliphatic rings. The number of nitrogens with one attached hydrogen (secondary N) is 1. The van der Waals surface area contributed by atoms with E-state index in [1.165, 1.54) is 5.56 Å². The van der Waals surface area contributed by atoms with Crippen molar-refractivity contribution in [1.82, 2.24) is 9.80 Å². The van der Waals surface area contributed by atoms with Gasteiger partial charge < -0.3 is 20.6 Å². The number of urea groups is 1. The van der Waals surface area contributed by atoms with Gasteiger partial charge in [-0.2, -0.15) is 0 Å². The Bertz CT molecular complexity index is 992. The number of carboxylic acids is 1. The zero-order chi connectivity index (χ0) is 24.1. The van der Waals surface area contributed by atoms with E-state index in [0.29, 0.717) is 38.4 Å². The summed E-state index contributed by atoms with van der Waals surface area (Å²) in [5.74, 6) is -0.561. The van der Waals surface area contributed by atoms with Crippen LogP contribution in [0.15, 0.2) is 54.6 Å². The van der Waals surface area contributed by atoms with Crippen molar-refractivity contribution in [3.8, 4) is 0 Å². The van der Waals surface area contributed by atoms with Gasteiger partial charge in [0.05, 0.1) is 5.92 Å². The molecular formula is C27H34N4O3. The summed E-state index contributed by atoms with van der Waals surface area (Å²) in [6.45, 7) is 1.95. The minimum absolute atomic E-state index is 0.0630. The van der Waals surface area contributed by atoms with Crippen molar-refractivity contribution in [2.45, 2.75) is 57.0 Å². The quantitative estimate of drug-likeness (QED) is 0.436. The number of carbonyl (C=O) groups is 2.